The maximum Gasteiger partial charge on any atom is 0.293 e. The first-order chi connectivity index (χ1) is 10.1. The minimum absolute atomic E-state index is 0.0898. The number of carbonyl (C=O) groups is 1. The number of rotatable bonds is 9. The Balaban J connectivity index is 2.90. The van der Waals surface area contributed by atoms with E-state index in [1.165, 1.54) is 12.1 Å². The van der Waals surface area contributed by atoms with E-state index in [1.807, 2.05) is 6.92 Å². The lowest BCUT2D eigenvalue weighted by atomic mass is 10.1. The monoisotopic (exact) mass is 295 g/mol. The molecule has 0 bridgehead atoms. The van der Waals surface area contributed by atoms with Crippen LogP contribution in [0.1, 0.15) is 30.1 Å². The number of hydrogen-bond donors (Lipinski definition) is 2. The molecule has 116 valence electrons. The molecule has 0 saturated carbocycles. The van der Waals surface area contributed by atoms with E-state index < -0.39 is 4.92 Å². The second-order valence-corrected chi connectivity index (χ2v) is 4.49. The Kier molecular flexibility index (Phi) is 7.17. The van der Waals surface area contributed by atoms with Gasteiger partial charge in [0, 0.05) is 32.9 Å². The van der Waals surface area contributed by atoms with Crippen molar-refractivity contribution in [2.75, 3.05) is 32.1 Å². The van der Waals surface area contributed by atoms with Gasteiger partial charge >= 0.3 is 0 Å². The molecular formula is C14H21N3O4. The number of nitrogens with one attached hydrogen (secondary N) is 2. The number of carbonyl (C=O) groups excluding carboxylic acids is 1. The average molecular weight is 295 g/mol. The Morgan fingerprint density at radius 3 is 2.76 bits per heavy atom. The molecule has 7 nitrogen and oxygen atoms in total. The molecule has 0 aliphatic carbocycles. The molecule has 0 aliphatic rings. The highest BCUT2D eigenvalue weighted by molar-refractivity contribution is 6.01. The lowest BCUT2D eigenvalue weighted by molar-refractivity contribution is -0.384. The van der Waals surface area contributed by atoms with Crippen molar-refractivity contribution in [2.45, 2.75) is 19.8 Å². The number of nitrogens with zero attached hydrogens (tertiary/aromatic N) is 1. The number of nitro benzene ring substituents is 1. The number of hydrogen-bond acceptors (Lipinski definition) is 5. The van der Waals surface area contributed by atoms with E-state index in [4.69, 9.17) is 4.74 Å². The van der Waals surface area contributed by atoms with Crippen LogP contribution in [0.4, 0.5) is 11.4 Å². The van der Waals surface area contributed by atoms with Crippen LogP contribution >= 0.6 is 0 Å². The van der Waals surface area contributed by atoms with Crippen LogP contribution in [0.3, 0.4) is 0 Å². The van der Waals surface area contributed by atoms with Crippen LogP contribution in [0.25, 0.3) is 0 Å². The fourth-order valence-corrected chi connectivity index (χ4v) is 1.83. The van der Waals surface area contributed by atoms with Crippen LogP contribution in [0, 0.1) is 10.1 Å². The van der Waals surface area contributed by atoms with Gasteiger partial charge in [-0.2, -0.15) is 0 Å². The number of para-hydroxylation sites is 1. The zero-order chi connectivity index (χ0) is 15.7. The van der Waals surface area contributed by atoms with Gasteiger partial charge in [0.1, 0.15) is 5.69 Å². The normalized spacial score (nSPS) is 10.2. The summed E-state index contributed by atoms with van der Waals surface area (Å²) in [5.41, 5.74) is 0.469. The van der Waals surface area contributed by atoms with Gasteiger partial charge in [0.25, 0.3) is 11.6 Å². The number of ether oxygens (including phenoxy) is 1. The molecule has 0 atom stereocenters. The quantitative estimate of drug-likeness (QED) is 0.414. The summed E-state index contributed by atoms with van der Waals surface area (Å²) >= 11 is 0. The minimum atomic E-state index is -0.486. The van der Waals surface area contributed by atoms with Crippen LogP contribution in [-0.2, 0) is 4.74 Å². The molecule has 0 aliphatic heterocycles. The average Bonchev–Trinajstić information content (AvgIpc) is 2.48. The van der Waals surface area contributed by atoms with Crippen molar-refractivity contribution >= 4 is 17.3 Å². The van der Waals surface area contributed by atoms with E-state index in [1.54, 1.807) is 13.2 Å². The predicted octanol–water partition coefficient (Wildman–Crippen LogP) is 2.18. The SMILES string of the molecule is CCCNc1c(C(=O)NCCCOC)cccc1[N+](=O)[O-]. The molecule has 0 spiro atoms. The Morgan fingerprint density at radius 1 is 1.38 bits per heavy atom. The molecule has 1 amide bonds. The van der Waals surface area contributed by atoms with Gasteiger partial charge in [-0.15, -0.1) is 0 Å². The zero-order valence-corrected chi connectivity index (χ0v) is 12.3. The lowest BCUT2D eigenvalue weighted by Gasteiger charge is -2.12. The molecule has 1 aromatic rings. The summed E-state index contributed by atoms with van der Waals surface area (Å²) in [6.07, 6.45) is 1.50. The second-order valence-electron chi connectivity index (χ2n) is 4.49. The number of benzene rings is 1. The Hall–Kier alpha value is -2.15. The van der Waals surface area contributed by atoms with E-state index >= 15 is 0 Å². The summed E-state index contributed by atoms with van der Waals surface area (Å²) in [4.78, 5) is 22.7. The summed E-state index contributed by atoms with van der Waals surface area (Å²) in [6, 6.07) is 4.48. The molecule has 1 rings (SSSR count). The molecule has 1 aromatic carbocycles. The van der Waals surface area contributed by atoms with Crippen LogP contribution < -0.4 is 10.6 Å². The molecule has 21 heavy (non-hydrogen) atoms. The van der Waals surface area contributed by atoms with E-state index in [0.29, 0.717) is 26.1 Å². The summed E-state index contributed by atoms with van der Waals surface area (Å²) in [7, 11) is 1.59. The Morgan fingerprint density at radius 2 is 2.14 bits per heavy atom. The zero-order valence-electron chi connectivity index (χ0n) is 12.3. The van der Waals surface area contributed by atoms with E-state index in [-0.39, 0.29) is 22.8 Å². The smallest absolute Gasteiger partial charge is 0.293 e. The topological polar surface area (TPSA) is 93.5 Å². The fraction of sp³-hybridized carbons (Fsp3) is 0.500. The molecular weight excluding hydrogens is 274 g/mol. The van der Waals surface area contributed by atoms with Crippen molar-refractivity contribution in [2.24, 2.45) is 0 Å². The Bertz CT molecular complexity index is 491. The molecule has 0 fully saturated rings. The van der Waals surface area contributed by atoms with Gasteiger partial charge in [0.15, 0.2) is 0 Å². The molecule has 2 N–H and O–H groups in total. The van der Waals surface area contributed by atoms with Crippen LogP contribution in [-0.4, -0.2) is 37.6 Å². The summed E-state index contributed by atoms with van der Waals surface area (Å²) in [5.74, 6) is -0.326. The summed E-state index contributed by atoms with van der Waals surface area (Å²) in [5, 5.41) is 16.8. The third-order valence-electron chi connectivity index (χ3n) is 2.85. The molecule has 0 saturated heterocycles. The van der Waals surface area contributed by atoms with Gasteiger partial charge in [-0.3, -0.25) is 14.9 Å². The molecule has 0 heterocycles. The number of anilines is 1. The van der Waals surface area contributed by atoms with Crippen molar-refractivity contribution in [3.63, 3.8) is 0 Å². The van der Waals surface area contributed by atoms with Gasteiger partial charge in [0.05, 0.1) is 10.5 Å². The van der Waals surface area contributed by atoms with Gasteiger partial charge in [-0.25, -0.2) is 0 Å². The Labute approximate surface area is 123 Å². The third-order valence-corrected chi connectivity index (χ3v) is 2.85. The van der Waals surface area contributed by atoms with Crippen molar-refractivity contribution in [3.8, 4) is 0 Å². The van der Waals surface area contributed by atoms with Crippen molar-refractivity contribution in [3.05, 3.63) is 33.9 Å². The van der Waals surface area contributed by atoms with Crippen LogP contribution in [0.5, 0.6) is 0 Å². The van der Waals surface area contributed by atoms with Gasteiger partial charge in [-0.05, 0) is 18.9 Å². The van der Waals surface area contributed by atoms with Crippen molar-refractivity contribution in [1.82, 2.24) is 5.32 Å². The lowest BCUT2D eigenvalue weighted by Crippen LogP contribution is -2.26. The van der Waals surface area contributed by atoms with Crippen LogP contribution in [0.15, 0.2) is 18.2 Å². The maximum atomic E-state index is 12.2. The van der Waals surface area contributed by atoms with E-state index in [0.717, 1.165) is 6.42 Å². The standard InChI is InChI=1S/C14H21N3O4/c1-3-8-15-13-11(6-4-7-12(13)17(19)20)14(18)16-9-5-10-21-2/h4,6-7,15H,3,5,8-10H2,1-2H3,(H,16,18). The molecule has 7 heteroatoms. The summed E-state index contributed by atoms with van der Waals surface area (Å²) in [6.45, 7) is 3.53. The first-order valence-corrected chi connectivity index (χ1v) is 6.90. The minimum Gasteiger partial charge on any atom is -0.385 e. The molecule has 0 radical (unpaired) electrons. The number of methoxy groups -OCH3 is 1. The number of amides is 1. The first kappa shape index (κ1) is 16.9. The van der Waals surface area contributed by atoms with Crippen LogP contribution in [0.2, 0.25) is 0 Å². The van der Waals surface area contributed by atoms with Crippen molar-refractivity contribution < 1.29 is 14.5 Å². The molecule has 0 unspecified atom stereocenters. The maximum absolute atomic E-state index is 12.2. The largest absolute Gasteiger partial charge is 0.385 e. The molecule has 0 aromatic heterocycles. The van der Waals surface area contributed by atoms with E-state index in [2.05, 4.69) is 10.6 Å². The highest BCUT2D eigenvalue weighted by atomic mass is 16.6. The highest BCUT2D eigenvalue weighted by Gasteiger charge is 2.20. The third kappa shape index (κ3) is 5.03. The first-order valence-electron chi connectivity index (χ1n) is 6.90. The fourth-order valence-electron chi connectivity index (χ4n) is 1.83. The highest BCUT2D eigenvalue weighted by Crippen LogP contribution is 2.28. The predicted molar refractivity (Wildman–Crippen MR) is 80.7 cm³/mol. The van der Waals surface area contributed by atoms with E-state index in [9.17, 15) is 14.9 Å². The number of nitro groups is 1. The van der Waals surface area contributed by atoms with Gasteiger partial charge in [-0.1, -0.05) is 13.0 Å². The van der Waals surface area contributed by atoms with Gasteiger partial charge in [0.2, 0.25) is 0 Å². The summed E-state index contributed by atoms with van der Waals surface area (Å²) < 4.78 is 4.90. The van der Waals surface area contributed by atoms with Crippen molar-refractivity contribution in [1.29, 1.82) is 0 Å². The second kappa shape index (κ2) is 8.91. The van der Waals surface area contributed by atoms with Gasteiger partial charge < -0.3 is 15.4 Å².